The van der Waals surface area contributed by atoms with Crippen LogP contribution in [0.5, 0.6) is 0 Å². The summed E-state index contributed by atoms with van der Waals surface area (Å²) in [4.78, 5) is 23.5. The number of aliphatic hydroxyl groups is 7. The Morgan fingerprint density at radius 1 is 0.500 bits per heavy atom. The van der Waals surface area contributed by atoms with Crippen molar-refractivity contribution in [3.05, 3.63) is 0 Å². The Kier molecular flexibility index (Phi) is 35.0. The second-order valence-corrected chi connectivity index (χ2v) is 19.2. The van der Waals surface area contributed by atoms with Gasteiger partial charge >= 0.3 is 7.82 Å². The number of unbranched alkanes of at least 4 members (excludes halogenated alkanes) is 29. The summed E-state index contributed by atoms with van der Waals surface area (Å²) in [5, 5.41) is 74.7. The lowest BCUT2D eigenvalue weighted by molar-refractivity contribution is -0.220. The van der Waals surface area contributed by atoms with Crippen LogP contribution < -0.4 is 5.32 Å². The van der Waals surface area contributed by atoms with Gasteiger partial charge in [0.05, 0.1) is 18.8 Å². The van der Waals surface area contributed by atoms with E-state index in [0.29, 0.717) is 12.8 Å². The molecule has 9 N–H and O–H groups in total. The molecule has 7 unspecified atom stereocenters. The SMILES string of the molecule is CCCCCCCCCCCCCCCCCCC(O)C(=O)N[C@@H](COP(=O)(O)OC1C(O)C(O)C(O)[C@@H](O)C1O)[C@H](O)CCCCCCCCCCCCCCCCC. The van der Waals surface area contributed by atoms with Crippen LogP contribution in [0.25, 0.3) is 0 Å². The maximum absolute atomic E-state index is 13.1. The van der Waals surface area contributed by atoms with Crippen molar-refractivity contribution in [1.29, 1.82) is 0 Å². The molecule has 14 heteroatoms. The quantitative estimate of drug-likeness (QED) is 0.0208. The normalized spacial score (nSPS) is 23.3. The van der Waals surface area contributed by atoms with Crippen molar-refractivity contribution in [2.24, 2.45) is 0 Å². The lowest BCUT2D eigenvalue weighted by Crippen LogP contribution is -2.64. The van der Waals surface area contributed by atoms with Crippen molar-refractivity contribution in [2.45, 2.75) is 281 Å². The maximum Gasteiger partial charge on any atom is 0.472 e. The van der Waals surface area contributed by atoms with Crippen LogP contribution in [0.2, 0.25) is 0 Å². The van der Waals surface area contributed by atoms with Gasteiger partial charge in [0.15, 0.2) is 0 Å². The highest BCUT2D eigenvalue weighted by atomic mass is 31.2. The van der Waals surface area contributed by atoms with E-state index in [0.717, 1.165) is 44.9 Å². The zero-order chi connectivity index (χ0) is 44.4. The van der Waals surface area contributed by atoms with Gasteiger partial charge in [-0.1, -0.05) is 213 Å². The smallest absolute Gasteiger partial charge is 0.391 e. The summed E-state index contributed by atoms with van der Waals surface area (Å²) in [6.07, 6.45) is 23.1. The Morgan fingerprint density at radius 3 is 1.15 bits per heavy atom. The molecule has 0 saturated heterocycles. The molecule has 1 aliphatic rings. The number of phosphoric ester groups is 1. The van der Waals surface area contributed by atoms with E-state index in [9.17, 15) is 50.0 Å². The van der Waals surface area contributed by atoms with E-state index in [1.54, 1.807) is 0 Å². The highest BCUT2D eigenvalue weighted by Crippen LogP contribution is 2.47. The summed E-state index contributed by atoms with van der Waals surface area (Å²) in [5.74, 6) is -0.743. The summed E-state index contributed by atoms with van der Waals surface area (Å²) in [6, 6.07) is -1.20. The lowest BCUT2D eigenvalue weighted by Gasteiger charge is -2.41. The molecule has 0 aromatic rings. The van der Waals surface area contributed by atoms with Gasteiger partial charge in [-0.15, -0.1) is 0 Å². The lowest BCUT2D eigenvalue weighted by atomic mass is 9.85. The number of aliphatic hydroxyl groups excluding tert-OH is 7. The number of nitrogens with one attached hydrogen (secondary N) is 1. The van der Waals surface area contributed by atoms with E-state index in [2.05, 4.69) is 19.2 Å². The predicted octanol–water partition coefficient (Wildman–Crippen LogP) is 8.43. The molecule has 1 amide bonds. The Bertz CT molecular complexity index is 1040. The molecule has 358 valence electrons. The van der Waals surface area contributed by atoms with Gasteiger partial charge in [0.25, 0.3) is 0 Å². The Morgan fingerprint density at radius 2 is 0.800 bits per heavy atom. The van der Waals surface area contributed by atoms with E-state index >= 15 is 0 Å². The fourth-order valence-electron chi connectivity index (χ4n) is 8.15. The number of carbonyl (C=O) groups excluding carboxylic acids is 1. The molecule has 10 atom stereocenters. The van der Waals surface area contributed by atoms with Crippen LogP contribution in [0.15, 0.2) is 0 Å². The molecule has 0 radical (unpaired) electrons. The third-order valence-corrected chi connectivity index (χ3v) is 13.3. The molecule has 1 rings (SSSR count). The molecule has 1 aliphatic carbocycles. The van der Waals surface area contributed by atoms with Crippen LogP contribution in [-0.4, -0.2) is 108 Å². The van der Waals surface area contributed by atoms with Gasteiger partial charge in [0.2, 0.25) is 5.91 Å². The fourth-order valence-corrected chi connectivity index (χ4v) is 9.12. The molecular weight excluding hydrogens is 789 g/mol. The minimum Gasteiger partial charge on any atom is -0.391 e. The molecule has 0 bridgehead atoms. The van der Waals surface area contributed by atoms with Crippen LogP contribution in [-0.2, 0) is 18.4 Å². The van der Waals surface area contributed by atoms with Crippen LogP contribution in [0, 0.1) is 0 Å². The number of hydrogen-bond donors (Lipinski definition) is 9. The van der Waals surface area contributed by atoms with Gasteiger partial charge in [-0.25, -0.2) is 4.57 Å². The average Bonchev–Trinajstić information content (AvgIpc) is 3.23. The Hall–Kier alpha value is -0.700. The topological polar surface area (TPSA) is 226 Å². The minimum absolute atomic E-state index is 0.225. The number of phosphoric acid groups is 1. The van der Waals surface area contributed by atoms with Crippen molar-refractivity contribution < 1.29 is 59.0 Å². The van der Waals surface area contributed by atoms with Crippen molar-refractivity contribution in [3.63, 3.8) is 0 Å². The summed E-state index contributed by atoms with van der Waals surface area (Å²) in [5.41, 5.74) is 0. The Balaban J connectivity index is 2.49. The first-order chi connectivity index (χ1) is 28.9. The number of hydrogen-bond acceptors (Lipinski definition) is 11. The van der Waals surface area contributed by atoms with Crippen molar-refractivity contribution in [2.75, 3.05) is 6.61 Å². The first kappa shape index (κ1) is 57.3. The van der Waals surface area contributed by atoms with Crippen LogP contribution in [0.1, 0.15) is 226 Å². The van der Waals surface area contributed by atoms with E-state index in [-0.39, 0.29) is 12.8 Å². The summed E-state index contributed by atoms with van der Waals surface area (Å²) in [6.45, 7) is 3.77. The first-order valence-electron chi connectivity index (χ1n) is 24.6. The van der Waals surface area contributed by atoms with Gasteiger partial charge < -0.3 is 46.0 Å². The largest absolute Gasteiger partial charge is 0.472 e. The molecule has 0 spiro atoms. The minimum atomic E-state index is -5.13. The molecule has 60 heavy (non-hydrogen) atoms. The molecule has 0 heterocycles. The van der Waals surface area contributed by atoms with E-state index < -0.39 is 75.2 Å². The van der Waals surface area contributed by atoms with Gasteiger partial charge in [-0.05, 0) is 12.8 Å². The van der Waals surface area contributed by atoms with Crippen molar-refractivity contribution in [1.82, 2.24) is 5.32 Å². The predicted molar refractivity (Wildman–Crippen MR) is 238 cm³/mol. The zero-order valence-electron chi connectivity index (χ0n) is 37.9. The molecule has 1 saturated carbocycles. The number of rotatable bonds is 41. The summed E-state index contributed by atoms with van der Waals surface area (Å²) < 4.78 is 22.9. The summed E-state index contributed by atoms with van der Waals surface area (Å²) in [7, 11) is -5.13. The zero-order valence-corrected chi connectivity index (χ0v) is 38.8. The second-order valence-electron chi connectivity index (χ2n) is 17.8. The van der Waals surface area contributed by atoms with Crippen LogP contribution in [0.3, 0.4) is 0 Å². The number of amides is 1. The second kappa shape index (κ2) is 36.6. The van der Waals surface area contributed by atoms with Gasteiger partial charge in [-0.3, -0.25) is 13.8 Å². The Labute approximate surface area is 364 Å². The van der Waals surface area contributed by atoms with E-state index in [4.69, 9.17) is 9.05 Å². The molecule has 0 aromatic heterocycles. The van der Waals surface area contributed by atoms with Crippen LogP contribution in [0.4, 0.5) is 0 Å². The van der Waals surface area contributed by atoms with Crippen LogP contribution >= 0.6 is 7.82 Å². The highest BCUT2D eigenvalue weighted by Gasteiger charge is 2.51. The van der Waals surface area contributed by atoms with Gasteiger partial charge in [0.1, 0.15) is 42.7 Å². The van der Waals surface area contributed by atoms with Crippen molar-refractivity contribution >= 4 is 13.7 Å². The average molecular weight is 882 g/mol. The third-order valence-electron chi connectivity index (χ3n) is 12.3. The van der Waals surface area contributed by atoms with Gasteiger partial charge in [0, 0.05) is 0 Å². The van der Waals surface area contributed by atoms with Gasteiger partial charge in [-0.2, -0.15) is 0 Å². The number of carbonyl (C=O) groups is 1. The maximum atomic E-state index is 13.1. The van der Waals surface area contributed by atoms with E-state index in [1.807, 2.05) is 0 Å². The third kappa shape index (κ3) is 27.5. The first-order valence-corrected chi connectivity index (χ1v) is 26.1. The standard InChI is InChI=1S/C46H92NO12P/c1-3-5-7-9-11-13-15-17-19-21-23-25-27-29-31-33-35-39(49)46(55)47-37(36-58-60(56,57)59-45-43(53)41(51)40(50)42(52)44(45)54)38(48)34-32-30-28-26-24-22-20-18-16-14-12-10-8-6-4-2/h37-45,48-54H,3-36H2,1-2H3,(H,47,55)(H,56,57)/t37-,38+,39?,40?,41+,42?,43?,44?,45?/m0/s1. The summed E-state index contributed by atoms with van der Waals surface area (Å²) >= 11 is 0. The fraction of sp³-hybridized carbons (Fsp3) is 0.978. The van der Waals surface area contributed by atoms with Crippen molar-refractivity contribution in [3.8, 4) is 0 Å². The highest BCUT2D eigenvalue weighted by molar-refractivity contribution is 7.47. The monoisotopic (exact) mass is 882 g/mol. The molecule has 1 fully saturated rings. The van der Waals surface area contributed by atoms with E-state index in [1.165, 1.54) is 141 Å². The molecular formula is C46H92NO12P. The molecule has 0 aliphatic heterocycles. The molecule has 0 aromatic carbocycles. The molecule has 13 nitrogen and oxygen atoms in total.